The van der Waals surface area contributed by atoms with Gasteiger partial charge in [-0.2, -0.15) is 13.2 Å². The van der Waals surface area contributed by atoms with Crippen molar-refractivity contribution in [2.24, 2.45) is 0 Å². The van der Waals surface area contributed by atoms with Crippen molar-refractivity contribution in [3.8, 4) is 0 Å². The van der Waals surface area contributed by atoms with Gasteiger partial charge < -0.3 is 14.8 Å². The van der Waals surface area contributed by atoms with Crippen LogP contribution in [0, 0.1) is 6.92 Å². The van der Waals surface area contributed by atoms with Crippen molar-refractivity contribution in [2.45, 2.75) is 46.0 Å². The summed E-state index contributed by atoms with van der Waals surface area (Å²) in [5, 5.41) is 2.98. The van der Waals surface area contributed by atoms with Gasteiger partial charge in [-0.3, -0.25) is 0 Å². The average Bonchev–Trinajstić information content (AvgIpc) is 3.18. The van der Waals surface area contributed by atoms with Crippen LogP contribution in [0.5, 0.6) is 0 Å². The molecule has 1 aromatic heterocycles. The van der Waals surface area contributed by atoms with E-state index >= 15 is 0 Å². The third-order valence-electron chi connectivity index (χ3n) is 5.34. The Hall–Kier alpha value is -3.22. The van der Waals surface area contributed by atoms with Gasteiger partial charge in [0.1, 0.15) is 0 Å². The molecule has 0 radical (unpaired) electrons. The molecule has 4 nitrogen and oxygen atoms in total. The molecule has 0 spiro atoms. The summed E-state index contributed by atoms with van der Waals surface area (Å²) >= 11 is 0. The summed E-state index contributed by atoms with van der Waals surface area (Å²) in [4.78, 5) is 14.7. The van der Waals surface area contributed by atoms with Gasteiger partial charge in [-0.15, -0.1) is 0 Å². The number of halogens is 3. The lowest BCUT2D eigenvalue weighted by molar-refractivity contribution is -0.137. The summed E-state index contributed by atoms with van der Waals surface area (Å²) in [6, 6.07) is 16.5. The molecule has 32 heavy (non-hydrogen) atoms. The van der Waals surface area contributed by atoms with Crippen LogP contribution < -0.4 is 5.32 Å². The molecular weight excluding hydrogens is 415 g/mol. The lowest BCUT2D eigenvalue weighted by atomic mass is 10.1. The second kappa shape index (κ2) is 10.4. The number of anilines is 1. The van der Waals surface area contributed by atoms with Gasteiger partial charge in [0.05, 0.1) is 12.1 Å². The van der Waals surface area contributed by atoms with Crippen molar-refractivity contribution in [3.05, 3.63) is 89.2 Å². The number of para-hydroxylation sites is 1. The SMILES string of the molecule is CCCCN(Cc1cccn1Cc1cccc(C(F)(F)F)c1)C(=O)Nc1ccccc1C. The fourth-order valence-electron chi connectivity index (χ4n) is 3.49. The minimum Gasteiger partial charge on any atom is -0.345 e. The maximum atomic E-state index is 13.1. The number of carbonyl (C=O) groups excluding carboxylic acids is 1. The number of urea groups is 1. The zero-order valence-electron chi connectivity index (χ0n) is 18.3. The van der Waals surface area contributed by atoms with Crippen LogP contribution >= 0.6 is 0 Å². The Morgan fingerprint density at radius 3 is 2.56 bits per heavy atom. The zero-order chi connectivity index (χ0) is 23.1. The van der Waals surface area contributed by atoms with E-state index < -0.39 is 11.7 Å². The quantitative estimate of drug-likeness (QED) is 0.413. The molecule has 0 aliphatic carbocycles. The molecule has 0 saturated heterocycles. The highest BCUT2D eigenvalue weighted by Crippen LogP contribution is 2.29. The van der Waals surface area contributed by atoms with Gasteiger partial charge in [0.15, 0.2) is 0 Å². The number of aryl methyl sites for hydroxylation is 1. The Labute approximate surface area is 186 Å². The van der Waals surface area contributed by atoms with Crippen LogP contribution in [0.25, 0.3) is 0 Å². The fourth-order valence-corrected chi connectivity index (χ4v) is 3.49. The van der Waals surface area contributed by atoms with E-state index in [9.17, 15) is 18.0 Å². The number of carbonyl (C=O) groups is 1. The molecule has 0 atom stereocenters. The first-order valence-electron chi connectivity index (χ1n) is 10.7. The summed E-state index contributed by atoms with van der Waals surface area (Å²) in [5.41, 5.74) is 2.49. The number of nitrogens with one attached hydrogen (secondary N) is 1. The minimum absolute atomic E-state index is 0.195. The molecular formula is C25H28F3N3O. The number of unbranched alkanes of at least 4 members (excludes halogenated alkanes) is 1. The van der Waals surface area contributed by atoms with E-state index in [1.807, 2.05) is 54.1 Å². The summed E-state index contributed by atoms with van der Waals surface area (Å²) < 4.78 is 41.0. The van der Waals surface area contributed by atoms with E-state index in [0.29, 0.717) is 25.2 Å². The van der Waals surface area contributed by atoms with Crippen molar-refractivity contribution < 1.29 is 18.0 Å². The Balaban J connectivity index is 1.76. The highest BCUT2D eigenvalue weighted by Gasteiger charge is 2.30. The molecule has 2 aromatic carbocycles. The van der Waals surface area contributed by atoms with Crippen molar-refractivity contribution in [3.63, 3.8) is 0 Å². The normalized spacial score (nSPS) is 11.4. The van der Waals surface area contributed by atoms with E-state index in [0.717, 1.165) is 35.9 Å². The van der Waals surface area contributed by atoms with E-state index in [-0.39, 0.29) is 6.03 Å². The van der Waals surface area contributed by atoms with E-state index in [1.54, 1.807) is 11.0 Å². The first-order chi connectivity index (χ1) is 15.3. The molecule has 3 aromatic rings. The molecule has 0 bridgehead atoms. The van der Waals surface area contributed by atoms with E-state index in [2.05, 4.69) is 12.2 Å². The van der Waals surface area contributed by atoms with E-state index in [4.69, 9.17) is 0 Å². The van der Waals surface area contributed by atoms with Crippen LogP contribution in [0.3, 0.4) is 0 Å². The molecule has 7 heteroatoms. The summed E-state index contributed by atoms with van der Waals surface area (Å²) in [6.07, 6.45) is -0.748. The van der Waals surface area contributed by atoms with Gasteiger partial charge in [0, 0.05) is 30.7 Å². The minimum atomic E-state index is -4.37. The van der Waals surface area contributed by atoms with Crippen LogP contribution in [-0.2, 0) is 19.3 Å². The second-order valence-electron chi connectivity index (χ2n) is 7.85. The molecule has 0 aliphatic heterocycles. The van der Waals surface area contributed by atoms with Crippen molar-refractivity contribution >= 4 is 11.7 Å². The lowest BCUT2D eigenvalue weighted by Crippen LogP contribution is -2.36. The second-order valence-corrected chi connectivity index (χ2v) is 7.85. The van der Waals surface area contributed by atoms with Crippen molar-refractivity contribution in [1.29, 1.82) is 0 Å². The Morgan fingerprint density at radius 1 is 1.06 bits per heavy atom. The van der Waals surface area contributed by atoms with Gasteiger partial charge in [0.2, 0.25) is 0 Å². The molecule has 1 N–H and O–H groups in total. The Kier molecular flexibility index (Phi) is 7.62. The molecule has 0 saturated carbocycles. The fraction of sp³-hybridized carbons (Fsp3) is 0.320. The smallest absolute Gasteiger partial charge is 0.345 e. The summed E-state index contributed by atoms with van der Waals surface area (Å²) in [6.45, 7) is 5.25. The van der Waals surface area contributed by atoms with Crippen LogP contribution in [-0.4, -0.2) is 22.0 Å². The average molecular weight is 444 g/mol. The standard InChI is InChI=1S/C25H28F3N3O/c1-3-4-14-31(24(32)29-23-13-6-5-9-19(23)2)18-22-12-8-15-30(22)17-20-10-7-11-21(16-20)25(26,27)28/h5-13,15-16H,3-4,14,17-18H2,1-2H3,(H,29,32). The number of hydrogen-bond acceptors (Lipinski definition) is 1. The first-order valence-corrected chi connectivity index (χ1v) is 10.7. The third kappa shape index (κ3) is 6.15. The molecule has 2 amide bonds. The maximum Gasteiger partial charge on any atom is 0.416 e. The monoisotopic (exact) mass is 443 g/mol. The number of benzene rings is 2. The van der Waals surface area contributed by atoms with Crippen molar-refractivity contribution in [1.82, 2.24) is 9.47 Å². The van der Waals surface area contributed by atoms with Gasteiger partial charge in [-0.25, -0.2) is 4.79 Å². The lowest BCUT2D eigenvalue weighted by Gasteiger charge is -2.24. The molecule has 0 fully saturated rings. The number of nitrogens with zero attached hydrogens (tertiary/aromatic N) is 2. The van der Waals surface area contributed by atoms with Crippen LogP contribution in [0.2, 0.25) is 0 Å². The predicted molar refractivity (Wildman–Crippen MR) is 120 cm³/mol. The van der Waals surface area contributed by atoms with Crippen LogP contribution in [0.1, 0.15) is 42.1 Å². The highest BCUT2D eigenvalue weighted by molar-refractivity contribution is 5.90. The predicted octanol–water partition coefficient (Wildman–Crippen LogP) is 6.70. The Bertz CT molecular complexity index is 1040. The largest absolute Gasteiger partial charge is 0.416 e. The topological polar surface area (TPSA) is 37.3 Å². The third-order valence-corrected chi connectivity index (χ3v) is 5.34. The molecule has 1 heterocycles. The van der Waals surface area contributed by atoms with Gasteiger partial charge in [-0.1, -0.05) is 43.7 Å². The molecule has 170 valence electrons. The highest BCUT2D eigenvalue weighted by atomic mass is 19.4. The first kappa shape index (κ1) is 23.4. The van der Waals surface area contributed by atoms with Crippen LogP contribution in [0.4, 0.5) is 23.7 Å². The molecule has 0 unspecified atom stereocenters. The van der Waals surface area contributed by atoms with Gasteiger partial charge in [0.25, 0.3) is 0 Å². The maximum absolute atomic E-state index is 13.1. The van der Waals surface area contributed by atoms with Crippen molar-refractivity contribution in [2.75, 3.05) is 11.9 Å². The number of aromatic nitrogens is 1. The zero-order valence-corrected chi connectivity index (χ0v) is 18.3. The number of hydrogen-bond donors (Lipinski definition) is 1. The Morgan fingerprint density at radius 2 is 1.84 bits per heavy atom. The number of alkyl halides is 3. The molecule has 3 rings (SSSR count). The van der Waals surface area contributed by atoms with Gasteiger partial charge in [-0.05, 0) is 54.8 Å². The summed E-state index contributed by atoms with van der Waals surface area (Å²) in [5.74, 6) is 0. The van der Waals surface area contributed by atoms with Crippen LogP contribution in [0.15, 0.2) is 66.9 Å². The van der Waals surface area contributed by atoms with E-state index in [1.165, 1.54) is 12.1 Å². The number of amides is 2. The molecule has 0 aliphatic rings. The number of rotatable bonds is 8. The van der Waals surface area contributed by atoms with Gasteiger partial charge >= 0.3 is 12.2 Å². The summed E-state index contributed by atoms with van der Waals surface area (Å²) in [7, 11) is 0.